The number of anilines is 1. The Morgan fingerprint density at radius 1 is 1.30 bits per heavy atom. The van der Waals surface area contributed by atoms with Crippen LogP contribution in [0.2, 0.25) is 0 Å². The monoisotopic (exact) mass is 387 g/mol. The lowest BCUT2D eigenvalue weighted by Gasteiger charge is -2.05. The number of benzene rings is 1. The molecule has 0 aliphatic heterocycles. The molecule has 1 N–H and O–H groups in total. The van der Waals surface area contributed by atoms with Gasteiger partial charge in [0.05, 0.1) is 11.6 Å². The fourth-order valence-electron chi connectivity index (χ4n) is 2.47. The summed E-state index contributed by atoms with van der Waals surface area (Å²) in [6.07, 6.45) is 0. The van der Waals surface area contributed by atoms with Gasteiger partial charge < -0.3 is 10.1 Å². The molecule has 0 atom stereocenters. The van der Waals surface area contributed by atoms with Gasteiger partial charge in [0, 0.05) is 5.56 Å². The molecule has 0 saturated carbocycles. The van der Waals surface area contributed by atoms with Crippen molar-refractivity contribution in [2.75, 3.05) is 11.9 Å². The van der Waals surface area contributed by atoms with E-state index >= 15 is 0 Å². The molecule has 1 amide bonds. The molecule has 8 nitrogen and oxygen atoms in total. The van der Waals surface area contributed by atoms with Crippen LogP contribution in [-0.2, 0) is 16.1 Å². The van der Waals surface area contributed by atoms with Crippen LogP contribution in [0.3, 0.4) is 0 Å². The molecule has 0 aliphatic carbocycles. The van der Waals surface area contributed by atoms with Crippen LogP contribution in [0.1, 0.15) is 22.2 Å². The van der Waals surface area contributed by atoms with Gasteiger partial charge in [-0.25, -0.2) is 14.2 Å². The van der Waals surface area contributed by atoms with E-state index in [1.807, 2.05) is 6.07 Å². The summed E-state index contributed by atoms with van der Waals surface area (Å²) in [4.78, 5) is 36.6. The number of aryl methyl sites for hydroxylation is 1. The molecule has 1 aromatic carbocycles. The lowest BCUT2D eigenvalue weighted by atomic mass is 10.2. The molecule has 2 aromatic heterocycles. The van der Waals surface area contributed by atoms with Gasteiger partial charge >= 0.3 is 11.7 Å². The number of thiophene rings is 1. The van der Waals surface area contributed by atoms with Gasteiger partial charge in [0.15, 0.2) is 5.82 Å². The summed E-state index contributed by atoms with van der Waals surface area (Å²) in [6.45, 7) is 3.50. The minimum atomic E-state index is -0.724. The number of rotatable bonds is 6. The molecule has 2 heterocycles. The number of esters is 1. The van der Waals surface area contributed by atoms with E-state index in [-0.39, 0.29) is 19.0 Å². The van der Waals surface area contributed by atoms with Crippen LogP contribution < -0.4 is 11.1 Å². The van der Waals surface area contributed by atoms with E-state index < -0.39 is 17.6 Å². The van der Waals surface area contributed by atoms with Crippen LogP contribution in [-0.4, -0.2) is 28.2 Å². The highest BCUT2D eigenvalue weighted by Crippen LogP contribution is 2.27. The van der Waals surface area contributed by atoms with Crippen molar-refractivity contribution in [2.24, 2.45) is 0 Å². The van der Waals surface area contributed by atoms with Gasteiger partial charge in [-0.05, 0) is 25.5 Å². The number of aromatic nitrogens is 2. The fourth-order valence-corrected chi connectivity index (χ4v) is 3.45. The summed E-state index contributed by atoms with van der Waals surface area (Å²) >= 11 is 1.12. The fraction of sp³-hybridized carbons (Fsp3) is 0.222. The second-order valence-corrected chi connectivity index (χ2v) is 6.67. The first-order chi connectivity index (χ1) is 13.0. The zero-order valence-electron chi connectivity index (χ0n) is 14.7. The van der Waals surface area contributed by atoms with Gasteiger partial charge in [-0.1, -0.05) is 35.5 Å². The minimum Gasteiger partial charge on any atom is -0.462 e. The Morgan fingerprint density at radius 3 is 2.74 bits per heavy atom. The number of amides is 1. The Kier molecular flexibility index (Phi) is 5.51. The number of carbonyl (C=O) groups excluding carboxylic acids is 2. The van der Waals surface area contributed by atoms with Crippen LogP contribution >= 0.6 is 11.3 Å². The summed E-state index contributed by atoms with van der Waals surface area (Å²) in [5.74, 6) is -1.32. The van der Waals surface area contributed by atoms with Gasteiger partial charge in [0.2, 0.25) is 5.91 Å². The predicted molar refractivity (Wildman–Crippen MR) is 99.8 cm³/mol. The Balaban J connectivity index is 1.76. The van der Waals surface area contributed by atoms with E-state index in [9.17, 15) is 14.4 Å². The molecule has 0 saturated heterocycles. The third-order valence-corrected chi connectivity index (χ3v) is 4.79. The number of hydrogen-bond donors (Lipinski definition) is 1. The molecule has 3 rings (SSSR count). The van der Waals surface area contributed by atoms with Gasteiger partial charge in [0.1, 0.15) is 11.4 Å². The second kappa shape index (κ2) is 8.00. The van der Waals surface area contributed by atoms with Crippen molar-refractivity contribution in [3.05, 3.63) is 57.4 Å². The van der Waals surface area contributed by atoms with Gasteiger partial charge in [-0.3, -0.25) is 9.32 Å². The topological polar surface area (TPSA) is 103 Å². The maximum atomic E-state index is 12.4. The smallest absolute Gasteiger partial charge is 0.442 e. The molecule has 0 spiro atoms. The maximum Gasteiger partial charge on any atom is 0.442 e. The number of hydrogen-bond acceptors (Lipinski definition) is 7. The SMILES string of the molecule is CCOC(=O)c1sc(NC(=O)Cn2c(-c3ccccc3)noc2=O)cc1C. The quantitative estimate of drug-likeness (QED) is 0.652. The second-order valence-electron chi connectivity index (χ2n) is 5.62. The molecular weight excluding hydrogens is 370 g/mol. The Labute approximate surface area is 158 Å². The Morgan fingerprint density at radius 2 is 2.04 bits per heavy atom. The molecule has 0 aliphatic rings. The van der Waals surface area contributed by atoms with Crippen molar-refractivity contribution in [1.82, 2.24) is 9.72 Å². The molecule has 0 radical (unpaired) electrons. The lowest BCUT2D eigenvalue weighted by Crippen LogP contribution is -2.25. The van der Waals surface area contributed by atoms with Gasteiger partial charge in [0.25, 0.3) is 0 Å². The average Bonchev–Trinajstić information content (AvgIpc) is 3.19. The Hall–Kier alpha value is -3.20. The molecule has 0 fully saturated rings. The minimum absolute atomic E-state index is 0.266. The van der Waals surface area contributed by atoms with Crippen molar-refractivity contribution < 1.29 is 18.8 Å². The maximum absolute atomic E-state index is 12.4. The zero-order valence-corrected chi connectivity index (χ0v) is 15.5. The third kappa shape index (κ3) is 4.14. The summed E-state index contributed by atoms with van der Waals surface area (Å²) in [6, 6.07) is 10.6. The standard InChI is InChI=1S/C18H17N3O5S/c1-3-25-17(23)15-11(2)9-14(27-15)19-13(22)10-21-16(20-26-18(21)24)12-7-5-4-6-8-12/h4-9H,3,10H2,1-2H3,(H,19,22). The van der Waals surface area contributed by atoms with E-state index in [2.05, 4.69) is 10.5 Å². The van der Waals surface area contributed by atoms with Crippen molar-refractivity contribution in [2.45, 2.75) is 20.4 Å². The highest BCUT2D eigenvalue weighted by Gasteiger charge is 2.18. The first kappa shape index (κ1) is 18.6. The number of nitrogens with zero attached hydrogens (tertiary/aromatic N) is 2. The summed E-state index contributed by atoms with van der Waals surface area (Å²) in [5.41, 5.74) is 1.37. The molecule has 0 unspecified atom stereocenters. The van der Waals surface area contributed by atoms with Crippen molar-refractivity contribution in [3.8, 4) is 11.4 Å². The predicted octanol–water partition coefficient (Wildman–Crippen LogP) is 2.69. The number of carbonyl (C=O) groups is 2. The molecule has 27 heavy (non-hydrogen) atoms. The van der Waals surface area contributed by atoms with Crippen molar-refractivity contribution >= 4 is 28.2 Å². The zero-order chi connectivity index (χ0) is 19.4. The molecule has 9 heteroatoms. The van der Waals surface area contributed by atoms with E-state index in [0.29, 0.717) is 21.0 Å². The Bertz CT molecular complexity index is 1020. The molecule has 3 aromatic rings. The van der Waals surface area contributed by atoms with Crippen LogP contribution in [0.15, 0.2) is 45.7 Å². The number of nitrogens with one attached hydrogen (secondary N) is 1. The van der Waals surface area contributed by atoms with Crippen LogP contribution in [0.25, 0.3) is 11.4 Å². The summed E-state index contributed by atoms with van der Waals surface area (Å²) in [5, 5.41) is 6.92. The summed E-state index contributed by atoms with van der Waals surface area (Å²) in [7, 11) is 0. The molecular formula is C18H17N3O5S. The van der Waals surface area contributed by atoms with Crippen LogP contribution in [0.4, 0.5) is 5.00 Å². The van der Waals surface area contributed by atoms with Gasteiger partial charge in [-0.2, -0.15) is 0 Å². The van der Waals surface area contributed by atoms with Crippen molar-refractivity contribution in [1.29, 1.82) is 0 Å². The first-order valence-corrected chi connectivity index (χ1v) is 9.00. The van der Waals surface area contributed by atoms with E-state index in [0.717, 1.165) is 15.9 Å². The molecule has 140 valence electrons. The summed E-state index contributed by atoms with van der Waals surface area (Å²) < 4.78 is 10.8. The van der Waals surface area contributed by atoms with E-state index in [1.165, 1.54) is 0 Å². The average molecular weight is 387 g/mol. The third-order valence-electron chi connectivity index (χ3n) is 3.66. The normalized spacial score (nSPS) is 10.6. The highest BCUT2D eigenvalue weighted by molar-refractivity contribution is 7.18. The van der Waals surface area contributed by atoms with Crippen LogP contribution in [0, 0.1) is 6.92 Å². The van der Waals surface area contributed by atoms with E-state index in [1.54, 1.807) is 44.2 Å². The highest BCUT2D eigenvalue weighted by atomic mass is 32.1. The van der Waals surface area contributed by atoms with Crippen LogP contribution in [0.5, 0.6) is 0 Å². The number of ether oxygens (including phenoxy) is 1. The first-order valence-electron chi connectivity index (χ1n) is 8.19. The largest absolute Gasteiger partial charge is 0.462 e. The molecule has 0 bridgehead atoms. The van der Waals surface area contributed by atoms with E-state index in [4.69, 9.17) is 9.26 Å². The lowest BCUT2D eigenvalue weighted by molar-refractivity contribution is -0.116. The van der Waals surface area contributed by atoms with Crippen molar-refractivity contribution in [3.63, 3.8) is 0 Å². The van der Waals surface area contributed by atoms with Gasteiger partial charge in [-0.15, -0.1) is 11.3 Å².